The Labute approximate surface area is 138 Å². The number of aryl methyl sites for hydroxylation is 2. The van der Waals surface area contributed by atoms with Crippen molar-refractivity contribution in [2.75, 3.05) is 26.0 Å². The lowest BCUT2D eigenvalue weighted by molar-refractivity contribution is 0.415. The maximum atomic E-state index is 5.27. The third kappa shape index (κ3) is 4.49. The Morgan fingerprint density at radius 3 is 2.65 bits per heavy atom. The summed E-state index contributed by atoms with van der Waals surface area (Å²) in [6.45, 7) is 7.21. The molecule has 0 bridgehead atoms. The van der Waals surface area contributed by atoms with E-state index in [0.717, 1.165) is 40.5 Å². The number of methoxy groups -OCH3 is 1. The van der Waals surface area contributed by atoms with Gasteiger partial charge in [-0.3, -0.25) is 0 Å². The molecule has 0 atom stereocenters. The third-order valence-corrected chi connectivity index (χ3v) is 3.78. The first-order chi connectivity index (χ1) is 11.0. The van der Waals surface area contributed by atoms with Crippen molar-refractivity contribution in [3.8, 4) is 5.75 Å². The SMILES string of the molecule is CCN(C)C=Nc1cc(C)c(Nc2cccc(OC)c2)cc1C. The second kappa shape index (κ2) is 7.68. The van der Waals surface area contributed by atoms with E-state index in [1.165, 1.54) is 0 Å². The van der Waals surface area contributed by atoms with E-state index in [2.05, 4.69) is 48.1 Å². The van der Waals surface area contributed by atoms with E-state index >= 15 is 0 Å². The zero-order chi connectivity index (χ0) is 16.8. The fourth-order valence-corrected chi connectivity index (χ4v) is 2.17. The number of hydrogen-bond donors (Lipinski definition) is 1. The monoisotopic (exact) mass is 311 g/mol. The van der Waals surface area contributed by atoms with Gasteiger partial charge in [-0.1, -0.05) is 6.07 Å². The predicted molar refractivity (Wildman–Crippen MR) is 98.6 cm³/mol. The molecule has 1 N–H and O–H groups in total. The minimum absolute atomic E-state index is 0.841. The summed E-state index contributed by atoms with van der Waals surface area (Å²) >= 11 is 0. The summed E-state index contributed by atoms with van der Waals surface area (Å²) in [6.07, 6.45) is 1.87. The Hall–Kier alpha value is -2.49. The van der Waals surface area contributed by atoms with Gasteiger partial charge in [0.1, 0.15) is 5.75 Å². The van der Waals surface area contributed by atoms with E-state index < -0.39 is 0 Å². The van der Waals surface area contributed by atoms with Gasteiger partial charge in [-0.15, -0.1) is 0 Å². The second-order valence-corrected chi connectivity index (χ2v) is 5.63. The van der Waals surface area contributed by atoms with Gasteiger partial charge in [0.2, 0.25) is 0 Å². The van der Waals surface area contributed by atoms with E-state index in [1.54, 1.807) is 7.11 Å². The molecular weight excluding hydrogens is 286 g/mol. The lowest BCUT2D eigenvalue weighted by atomic mass is 10.1. The van der Waals surface area contributed by atoms with Gasteiger partial charge in [-0.25, -0.2) is 4.99 Å². The molecule has 4 heteroatoms. The Balaban J connectivity index is 2.24. The molecule has 2 aromatic carbocycles. The molecule has 0 aliphatic carbocycles. The molecule has 0 spiro atoms. The largest absolute Gasteiger partial charge is 0.497 e. The molecule has 2 aromatic rings. The molecular formula is C19H25N3O. The molecule has 0 heterocycles. The zero-order valence-electron chi connectivity index (χ0n) is 14.6. The first kappa shape index (κ1) is 16.9. The van der Waals surface area contributed by atoms with Crippen molar-refractivity contribution in [1.82, 2.24) is 4.90 Å². The molecule has 0 saturated heterocycles. The molecule has 23 heavy (non-hydrogen) atoms. The summed E-state index contributed by atoms with van der Waals surface area (Å²) in [6, 6.07) is 12.2. The van der Waals surface area contributed by atoms with Crippen molar-refractivity contribution < 1.29 is 4.74 Å². The highest BCUT2D eigenvalue weighted by atomic mass is 16.5. The van der Waals surface area contributed by atoms with Gasteiger partial charge in [0, 0.05) is 31.0 Å². The average Bonchev–Trinajstić information content (AvgIpc) is 2.56. The lowest BCUT2D eigenvalue weighted by Crippen LogP contribution is -2.14. The van der Waals surface area contributed by atoms with Crippen LogP contribution >= 0.6 is 0 Å². The number of nitrogens with zero attached hydrogens (tertiary/aromatic N) is 2. The summed E-state index contributed by atoms with van der Waals surface area (Å²) in [5.74, 6) is 0.841. The molecule has 122 valence electrons. The van der Waals surface area contributed by atoms with Crippen LogP contribution in [0.5, 0.6) is 5.75 Å². The molecule has 0 unspecified atom stereocenters. The van der Waals surface area contributed by atoms with E-state index in [-0.39, 0.29) is 0 Å². The molecule has 0 aliphatic rings. The summed E-state index contributed by atoms with van der Waals surface area (Å²) in [5.41, 5.74) is 5.39. The Kier molecular flexibility index (Phi) is 5.63. The number of aliphatic imine (C=N–C) groups is 1. The van der Waals surface area contributed by atoms with Crippen LogP contribution in [0.15, 0.2) is 41.4 Å². The van der Waals surface area contributed by atoms with Crippen LogP contribution in [-0.2, 0) is 0 Å². The maximum Gasteiger partial charge on any atom is 0.120 e. The Bertz CT molecular complexity index is 695. The van der Waals surface area contributed by atoms with Crippen LogP contribution in [-0.4, -0.2) is 31.9 Å². The van der Waals surface area contributed by atoms with E-state index in [0.29, 0.717) is 0 Å². The van der Waals surface area contributed by atoms with Crippen LogP contribution in [0.3, 0.4) is 0 Å². The number of anilines is 2. The molecule has 4 nitrogen and oxygen atoms in total. The third-order valence-electron chi connectivity index (χ3n) is 3.78. The minimum atomic E-state index is 0.841. The molecule has 2 rings (SSSR count). The topological polar surface area (TPSA) is 36.9 Å². The maximum absolute atomic E-state index is 5.27. The quantitative estimate of drug-likeness (QED) is 0.622. The van der Waals surface area contributed by atoms with Crippen LogP contribution in [0, 0.1) is 13.8 Å². The van der Waals surface area contributed by atoms with Crippen molar-refractivity contribution in [1.29, 1.82) is 0 Å². The van der Waals surface area contributed by atoms with Gasteiger partial charge < -0.3 is 15.0 Å². The zero-order valence-corrected chi connectivity index (χ0v) is 14.6. The van der Waals surface area contributed by atoms with Crippen molar-refractivity contribution in [2.24, 2.45) is 4.99 Å². The Morgan fingerprint density at radius 2 is 1.96 bits per heavy atom. The number of nitrogens with one attached hydrogen (secondary N) is 1. The summed E-state index contributed by atoms with van der Waals surface area (Å²) in [5, 5.41) is 3.45. The number of rotatable bonds is 6. The second-order valence-electron chi connectivity index (χ2n) is 5.63. The average molecular weight is 311 g/mol. The van der Waals surface area contributed by atoms with Gasteiger partial charge in [0.15, 0.2) is 0 Å². The molecule has 0 amide bonds. The van der Waals surface area contributed by atoms with Crippen molar-refractivity contribution in [2.45, 2.75) is 20.8 Å². The summed E-state index contributed by atoms with van der Waals surface area (Å²) in [4.78, 5) is 6.62. The lowest BCUT2D eigenvalue weighted by Gasteiger charge is -2.14. The van der Waals surface area contributed by atoms with Crippen molar-refractivity contribution >= 4 is 23.4 Å². The van der Waals surface area contributed by atoms with E-state index in [9.17, 15) is 0 Å². The van der Waals surface area contributed by atoms with Crippen LogP contribution in [0.25, 0.3) is 0 Å². The van der Waals surface area contributed by atoms with Gasteiger partial charge in [-0.2, -0.15) is 0 Å². The minimum Gasteiger partial charge on any atom is -0.497 e. The first-order valence-corrected chi connectivity index (χ1v) is 7.80. The normalized spacial score (nSPS) is 10.8. The smallest absolute Gasteiger partial charge is 0.120 e. The summed E-state index contributed by atoms with van der Waals surface area (Å²) in [7, 11) is 3.69. The highest BCUT2D eigenvalue weighted by Gasteiger charge is 2.05. The van der Waals surface area contributed by atoms with Gasteiger partial charge in [0.25, 0.3) is 0 Å². The molecule has 0 fully saturated rings. The van der Waals surface area contributed by atoms with Gasteiger partial charge in [-0.05, 0) is 56.2 Å². The number of hydrogen-bond acceptors (Lipinski definition) is 3. The standard InChI is InChI=1S/C19H25N3O/c1-6-22(4)13-20-18-10-15(3)19(11-14(18)2)21-16-8-7-9-17(12-16)23-5/h7-13,21H,6H2,1-5H3. The summed E-state index contributed by atoms with van der Waals surface area (Å²) < 4.78 is 5.27. The van der Waals surface area contributed by atoms with Gasteiger partial charge >= 0.3 is 0 Å². The first-order valence-electron chi connectivity index (χ1n) is 7.80. The number of benzene rings is 2. The van der Waals surface area contributed by atoms with E-state index in [1.807, 2.05) is 37.7 Å². The number of ether oxygens (including phenoxy) is 1. The van der Waals surface area contributed by atoms with Crippen LogP contribution < -0.4 is 10.1 Å². The fraction of sp³-hybridized carbons (Fsp3) is 0.316. The van der Waals surface area contributed by atoms with Gasteiger partial charge in [0.05, 0.1) is 19.1 Å². The van der Waals surface area contributed by atoms with Crippen LogP contribution in [0.4, 0.5) is 17.1 Å². The van der Waals surface area contributed by atoms with E-state index in [4.69, 9.17) is 4.74 Å². The molecule has 0 aliphatic heterocycles. The highest BCUT2D eigenvalue weighted by molar-refractivity contribution is 5.71. The molecule has 0 radical (unpaired) electrons. The van der Waals surface area contributed by atoms with Crippen molar-refractivity contribution in [3.05, 3.63) is 47.5 Å². The molecule has 0 saturated carbocycles. The Morgan fingerprint density at radius 1 is 1.17 bits per heavy atom. The van der Waals surface area contributed by atoms with Crippen molar-refractivity contribution in [3.63, 3.8) is 0 Å². The highest BCUT2D eigenvalue weighted by Crippen LogP contribution is 2.29. The van der Waals surface area contributed by atoms with Crippen LogP contribution in [0.1, 0.15) is 18.1 Å². The van der Waals surface area contributed by atoms with Crippen LogP contribution in [0.2, 0.25) is 0 Å². The molecule has 0 aromatic heterocycles. The predicted octanol–water partition coefficient (Wildman–Crippen LogP) is 4.67. The fourth-order valence-electron chi connectivity index (χ4n) is 2.17.